The molecule has 2 aromatic carbocycles. The molecule has 36 heavy (non-hydrogen) atoms. The normalized spacial score (nSPS) is 11.4. The molecule has 4 aromatic rings. The molecule has 0 spiro atoms. The number of anilines is 2. The minimum atomic E-state index is -3.02. The van der Waals surface area contributed by atoms with Crippen molar-refractivity contribution in [3.63, 3.8) is 0 Å². The lowest BCUT2D eigenvalue weighted by atomic mass is 10.1. The highest BCUT2D eigenvalue weighted by molar-refractivity contribution is 7.90. The molecule has 0 unspecified atom stereocenters. The molecule has 0 fully saturated rings. The Morgan fingerprint density at radius 1 is 1.11 bits per heavy atom. The van der Waals surface area contributed by atoms with Gasteiger partial charge >= 0.3 is 0 Å². The Kier molecular flexibility index (Phi) is 7.71. The molecule has 186 valence electrons. The third kappa shape index (κ3) is 6.09. The average Bonchev–Trinajstić information content (AvgIpc) is 3.31. The van der Waals surface area contributed by atoms with Crippen LogP contribution in [-0.2, 0) is 16.4 Å². The van der Waals surface area contributed by atoms with Crippen molar-refractivity contribution in [1.29, 1.82) is 5.26 Å². The van der Waals surface area contributed by atoms with E-state index in [0.29, 0.717) is 63.0 Å². The van der Waals surface area contributed by atoms with Crippen molar-refractivity contribution in [1.82, 2.24) is 10.3 Å². The third-order valence-corrected chi connectivity index (χ3v) is 6.88. The highest BCUT2D eigenvalue weighted by atomic mass is 35.5. The van der Waals surface area contributed by atoms with Crippen molar-refractivity contribution in [3.8, 4) is 23.1 Å². The van der Waals surface area contributed by atoms with Gasteiger partial charge in [-0.25, -0.2) is 13.4 Å². The molecule has 0 bridgehead atoms. The summed E-state index contributed by atoms with van der Waals surface area (Å²) in [7, 11) is -1.52. The summed E-state index contributed by atoms with van der Waals surface area (Å²) >= 11 is 12.5. The quantitative estimate of drug-likeness (QED) is 0.263. The first-order chi connectivity index (χ1) is 17.2. The van der Waals surface area contributed by atoms with Crippen LogP contribution in [0.4, 0.5) is 11.5 Å². The number of nitriles is 1. The highest BCUT2D eigenvalue weighted by Crippen LogP contribution is 2.36. The molecule has 8 nitrogen and oxygen atoms in total. The van der Waals surface area contributed by atoms with Crippen LogP contribution in [0.15, 0.2) is 52.9 Å². The first kappa shape index (κ1) is 25.8. The number of furan rings is 1. The fourth-order valence-electron chi connectivity index (χ4n) is 3.51. The van der Waals surface area contributed by atoms with E-state index >= 15 is 0 Å². The van der Waals surface area contributed by atoms with Crippen molar-refractivity contribution in [2.24, 2.45) is 0 Å². The van der Waals surface area contributed by atoms with Crippen molar-refractivity contribution >= 4 is 55.4 Å². The molecule has 0 aliphatic rings. The Morgan fingerprint density at radius 3 is 2.64 bits per heavy atom. The number of ether oxygens (including phenoxy) is 1. The maximum absolute atomic E-state index is 11.3. The second-order valence-corrected chi connectivity index (χ2v) is 11.1. The second kappa shape index (κ2) is 10.8. The topological polar surface area (TPSA) is 117 Å². The van der Waals surface area contributed by atoms with Crippen LogP contribution in [0, 0.1) is 11.3 Å². The molecule has 0 amide bonds. The summed E-state index contributed by atoms with van der Waals surface area (Å²) in [6, 6.07) is 16.4. The largest absolute Gasteiger partial charge is 0.495 e. The van der Waals surface area contributed by atoms with E-state index in [1.807, 2.05) is 30.3 Å². The van der Waals surface area contributed by atoms with E-state index in [1.54, 1.807) is 18.2 Å². The lowest BCUT2D eigenvalue weighted by Crippen LogP contribution is -2.21. The molecule has 0 aliphatic heterocycles. The van der Waals surface area contributed by atoms with Gasteiger partial charge in [0, 0.05) is 29.8 Å². The smallest absolute Gasteiger partial charge is 0.149 e. The number of benzene rings is 2. The Labute approximate surface area is 218 Å². The first-order valence-electron chi connectivity index (χ1n) is 10.8. The number of halogens is 2. The standard InChI is InChI=1S/C25H22Cl2N4O4S/c1-34-24-12-22(19(26)11-20(24)27)31-25-17(13-28)9-15-3-4-16(10-21(15)30-25)23-6-5-18(35-23)14-29-7-8-36(2,32)33/h3-6,9-12,29H,7-8,14H2,1-2H3,(H,30,31). The average molecular weight is 545 g/mol. The monoisotopic (exact) mass is 544 g/mol. The Balaban J connectivity index is 1.60. The Morgan fingerprint density at radius 2 is 1.92 bits per heavy atom. The van der Waals surface area contributed by atoms with Crippen molar-refractivity contribution in [2.75, 3.05) is 31.0 Å². The number of nitrogens with one attached hydrogen (secondary N) is 2. The zero-order chi connectivity index (χ0) is 25.9. The SMILES string of the molecule is COc1cc(Nc2nc3cc(-c4ccc(CNCCS(C)(=O)=O)o4)ccc3cc2C#N)c(Cl)cc1Cl. The molecule has 0 saturated carbocycles. The van der Waals surface area contributed by atoms with Gasteiger partial charge in [-0.2, -0.15) is 5.26 Å². The zero-order valence-electron chi connectivity index (χ0n) is 19.4. The summed E-state index contributed by atoms with van der Waals surface area (Å²) in [4.78, 5) is 4.66. The minimum absolute atomic E-state index is 0.0615. The number of hydrogen-bond acceptors (Lipinski definition) is 8. The third-order valence-electron chi connectivity index (χ3n) is 5.33. The van der Waals surface area contributed by atoms with Crippen LogP contribution in [0.1, 0.15) is 11.3 Å². The van der Waals surface area contributed by atoms with E-state index in [9.17, 15) is 13.7 Å². The number of hydrogen-bond donors (Lipinski definition) is 2. The van der Waals surface area contributed by atoms with Crippen molar-refractivity contribution < 1.29 is 17.6 Å². The zero-order valence-corrected chi connectivity index (χ0v) is 21.8. The maximum atomic E-state index is 11.3. The molecular formula is C25H22Cl2N4O4S. The summed E-state index contributed by atoms with van der Waals surface area (Å²) in [6.07, 6.45) is 1.20. The lowest BCUT2D eigenvalue weighted by Gasteiger charge is -2.13. The number of pyridine rings is 1. The van der Waals surface area contributed by atoms with Gasteiger partial charge in [0.15, 0.2) is 0 Å². The minimum Gasteiger partial charge on any atom is -0.495 e. The summed E-state index contributed by atoms with van der Waals surface area (Å²) < 4.78 is 33.7. The summed E-state index contributed by atoms with van der Waals surface area (Å²) in [5, 5.41) is 17.4. The first-order valence-corrected chi connectivity index (χ1v) is 13.6. The van der Waals surface area contributed by atoms with Crippen LogP contribution >= 0.6 is 23.2 Å². The van der Waals surface area contributed by atoms with Gasteiger partial charge in [0.2, 0.25) is 0 Å². The predicted molar refractivity (Wildman–Crippen MR) is 142 cm³/mol. The van der Waals surface area contributed by atoms with Gasteiger partial charge in [0.1, 0.15) is 39.0 Å². The van der Waals surface area contributed by atoms with Gasteiger partial charge in [-0.15, -0.1) is 0 Å². The molecule has 2 heterocycles. The van der Waals surface area contributed by atoms with Crippen LogP contribution in [0.3, 0.4) is 0 Å². The number of rotatable bonds is 9. The van der Waals surface area contributed by atoms with Crippen molar-refractivity contribution in [2.45, 2.75) is 6.54 Å². The summed E-state index contributed by atoms with van der Waals surface area (Å²) in [5.74, 6) is 2.16. The van der Waals surface area contributed by atoms with Crippen molar-refractivity contribution in [3.05, 3.63) is 69.9 Å². The van der Waals surface area contributed by atoms with E-state index in [0.717, 1.165) is 10.9 Å². The molecule has 0 radical (unpaired) electrons. The maximum Gasteiger partial charge on any atom is 0.149 e. The number of nitrogens with zero attached hydrogens (tertiary/aromatic N) is 2. The van der Waals surface area contributed by atoms with Crippen LogP contribution in [-0.4, -0.2) is 39.1 Å². The summed E-state index contributed by atoms with van der Waals surface area (Å²) in [6.45, 7) is 0.752. The number of fused-ring (bicyclic) bond motifs is 1. The highest BCUT2D eigenvalue weighted by Gasteiger charge is 2.14. The molecule has 0 aliphatic carbocycles. The fourth-order valence-corrected chi connectivity index (χ4v) is 4.53. The molecular weight excluding hydrogens is 523 g/mol. The van der Waals surface area contributed by atoms with Gasteiger partial charge in [0.05, 0.1) is 46.2 Å². The number of aromatic nitrogens is 1. The van der Waals surface area contributed by atoms with Crippen LogP contribution in [0.5, 0.6) is 5.75 Å². The Hall–Kier alpha value is -3.29. The predicted octanol–water partition coefficient (Wildman–Crippen LogP) is 5.56. The van der Waals surface area contributed by atoms with Gasteiger partial charge in [0.25, 0.3) is 0 Å². The number of methoxy groups -OCH3 is 1. The van der Waals surface area contributed by atoms with Gasteiger partial charge in [-0.05, 0) is 30.3 Å². The molecule has 2 N–H and O–H groups in total. The molecule has 4 rings (SSSR count). The van der Waals surface area contributed by atoms with Gasteiger partial charge < -0.3 is 19.8 Å². The molecule has 0 atom stereocenters. The van der Waals surface area contributed by atoms with Gasteiger partial charge in [-0.1, -0.05) is 35.3 Å². The van der Waals surface area contributed by atoms with E-state index in [1.165, 1.54) is 13.4 Å². The van der Waals surface area contributed by atoms with Crippen LogP contribution < -0.4 is 15.4 Å². The van der Waals surface area contributed by atoms with E-state index in [-0.39, 0.29) is 5.75 Å². The van der Waals surface area contributed by atoms with Crippen LogP contribution in [0.2, 0.25) is 10.0 Å². The lowest BCUT2D eigenvalue weighted by molar-refractivity contribution is 0.415. The molecule has 11 heteroatoms. The molecule has 0 saturated heterocycles. The van der Waals surface area contributed by atoms with Crippen LogP contribution in [0.25, 0.3) is 22.2 Å². The van der Waals surface area contributed by atoms with E-state index in [4.69, 9.17) is 32.4 Å². The fraction of sp³-hybridized carbons (Fsp3) is 0.200. The van der Waals surface area contributed by atoms with E-state index < -0.39 is 9.84 Å². The number of sulfone groups is 1. The Bertz CT molecular complexity index is 1580. The molecule has 2 aromatic heterocycles. The summed E-state index contributed by atoms with van der Waals surface area (Å²) in [5.41, 5.74) is 2.30. The van der Waals surface area contributed by atoms with E-state index in [2.05, 4.69) is 21.7 Å². The van der Waals surface area contributed by atoms with Gasteiger partial charge in [-0.3, -0.25) is 0 Å². The second-order valence-electron chi connectivity index (χ2n) is 8.07.